The van der Waals surface area contributed by atoms with E-state index in [1.54, 1.807) is 0 Å². The summed E-state index contributed by atoms with van der Waals surface area (Å²) in [4.78, 5) is 2.10. The number of anilines is 2. The molecular formula is C16H19ClN2. The lowest BCUT2D eigenvalue weighted by Crippen LogP contribution is -2.14. The van der Waals surface area contributed by atoms with Crippen molar-refractivity contribution in [2.45, 2.75) is 20.4 Å². The smallest absolute Gasteiger partial charge is 0.0646 e. The van der Waals surface area contributed by atoms with E-state index in [1.807, 2.05) is 25.2 Å². The van der Waals surface area contributed by atoms with Gasteiger partial charge in [-0.3, -0.25) is 0 Å². The lowest BCUT2D eigenvalue weighted by atomic mass is 10.1. The van der Waals surface area contributed by atoms with Gasteiger partial charge in [-0.05, 0) is 48.7 Å². The molecule has 0 atom stereocenters. The van der Waals surface area contributed by atoms with Crippen molar-refractivity contribution < 1.29 is 0 Å². The Kier molecular flexibility index (Phi) is 4.13. The summed E-state index contributed by atoms with van der Waals surface area (Å²) in [5, 5.41) is 0.726. The van der Waals surface area contributed by atoms with Gasteiger partial charge < -0.3 is 10.6 Å². The molecule has 0 radical (unpaired) electrons. The fourth-order valence-electron chi connectivity index (χ4n) is 2.37. The molecule has 100 valence electrons. The molecule has 0 bridgehead atoms. The Morgan fingerprint density at radius 3 is 2.32 bits per heavy atom. The highest BCUT2D eigenvalue weighted by Gasteiger charge is 2.12. The van der Waals surface area contributed by atoms with Crippen molar-refractivity contribution in [3.8, 4) is 0 Å². The van der Waals surface area contributed by atoms with Crippen molar-refractivity contribution in [3.63, 3.8) is 0 Å². The van der Waals surface area contributed by atoms with Gasteiger partial charge in [0.05, 0.1) is 10.7 Å². The van der Waals surface area contributed by atoms with Crippen molar-refractivity contribution >= 4 is 23.0 Å². The standard InChI is InChI=1S/C16H19ClN2/c1-11-7-12(2)9-14(8-11)19(3)16-13(10-18)5-4-6-15(16)17/h4-9H,10,18H2,1-3H3. The van der Waals surface area contributed by atoms with E-state index in [4.69, 9.17) is 17.3 Å². The molecule has 19 heavy (non-hydrogen) atoms. The molecule has 3 heteroatoms. The Bertz CT molecular complexity index is 573. The number of halogens is 1. The summed E-state index contributed by atoms with van der Waals surface area (Å²) in [6.45, 7) is 4.67. The SMILES string of the molecule is Cc1cc(C)cc(N(C)c2c(Cl)cccc2CN)c1. The van der Waals surface area contributed by atoms with Crippen LogP contribution in [-0.2, 0) is 6.54 Å². The second-order valence-corrected chi connectivity index (χ2v) is 5.26. The van der Waals surface area contributed by atoms with Gasteiger partial charge in [0.15, 0.2) is 0 Å². The van der Waals surface area contributed by atoms with Gasteiger partial charge >= 0.3 is 0 Å². The third-order valence-electron chi connectivity index (χ3n) is 3.22. The lowest BCUT2D eigenvalue weighted by Gasteiger charge is -2.24. The molecule has 0 spiro atoms. The first-order valence-electron chi connectivity index (χ1n) is 6.32. The quantitative estimate of drug-likeness (QED) is 0.910. The average molecular weight is 275 g/mol. The summed E-state index contributed by atoms with van der Waals surface area (Å²) in [6.07, 6.45) is 0. The monoisotopic (exact) mass is 274 g/mol. The highest BCUT2D eigenvalue weighted by molar-refractivity contribution is 6.33. The van der Waals surface area contributed by atoms with Crippen molar-refractivity contribution in [1.29, 1.82) is 0 Å². The molecule has 0 aliphatic carbocycles. The molecule has 2 N–H and O–H groups in total. The average Bonchev–Trinajstić information content (AvgIpc) is 2.36. The third kappa shape index (κ3) is 2.91. The third-order valence-corrected chi connectivity index (χ3v) is 3.52. The molecule has 0 aliphatic heterocycles. The topological polar surface area (TPSA) is 29.3 Å². The minimum Gasteiger partial charge on any atom is -0.343 e. The van der Waals surface area contributed by atoms with Crippen LogP contribution in [0.4, 0.5) is 11.4 Å². The summed E-state index contributed by atoms with van der Waals surface area (Å²) in [7, 11) is 2.02. The van der Waals surface area contributed by atoms with E-state index < -0.39 is 0 Å². The zero-order chi connectivity index (χ0) is 14.0. The van der Waals surface area contributed by atoms with E-state index in [0.29, 0.717) is 6.54 Å². The number of hydrogen-bond acceptors (Lipinski definition) is 2. The van der Waals surface area contributed by atoms with Gasteiger partial charge in [-0.1, -0.05) is 29.8 Å². The molecule has 0 saturated heterocycles. The molecule has 0 aromatic heterocycles. The van der Waals surface area contributed by atoms with Crippen LogP contribution in [-0.4, -0.2) is 7.05 Å². The van der Waals surface area contributed by atoms with Crippen molar-refractivity contribution in [2.24, 2.45) is 5.73 Å². The largest absolute Gasteiger partial charge is 0.343 e. The number of aryl methyl sites for hydroxylation is 2. The number of para-hydroxylation sites is 1. The van der Waals surface area contributed by atoms with Gasteiger partial charge in [0.1, 0.15) is 0 Å². The normalized spacial score (nSPS) is 10.6. The lowest BCUT2D eigenvalue weighted by molar-refractivity contribution is 1.05. The molecule has 0 saturated carbocycles. The number of benzene rings is 2. The van der Waals surface area contributed by atoms with E-state index in [1.165, 1.54) is 11.1 Å². The minimum absolute atomic E-state index is 0.477. The Balaban J connectivity index is 2.52. The van der Waals surface area contributed by atoms with Crippen LogP contribution in [0.15, 0.2) is 36.4 Å². The van der Waals surface area contributed by atoms with Gasteiger partial charge in [0.2, 0.25) is 0 Å². The van der Waals surface area contributed by atoms with Crippen LogP contribution in [0.2, 0.25) is 5.02 Å². The predicted molar refractivity (Wildman–Crippen MR) is 83.3 cm³/mol. The maximum atomic E-state index is 6.34. The Labute approximate surface area is 119 Å². The summed E-state index contributed by atoms with van der Waals surface area (Å²) in [6, 6.07) is 12.3. The van der Waals surface area contributed by atoms with Gasteiger partial charge in [-0.2, -0.15) is 0 Å². The van der Waals surface area contributed by atoms with Gasteiger partial charge in [0.25, 0.3) is 0 Å². The number of hydrogen-bond donors (Lipinski definition) is 1. The maximum absolute atomic E-state index is 6.34. The molecule has 2 aromatic rings. The molecule has 0 fully saturated rings. The van der Waals surface area contributed by atoms with E-state index in [2.05, 4.69) is 36.9 Å². The maximum Gasteiger partial charge on any atom is 0.0646 e. The molecule has 0 aliphatic rings. The second-order valence-electron chi connectivity index (χ2n) is 4.86. The van der Waals surface area contributed by atoms with Crippen molar-refractivity contribution in [3.05, 3.63) is 58.1 Å². The van der Waals surface area contributed by atoms with Crippen LogP contribution >= 0.6 is 11.6 Å². The molecule has 0 amide bonds. The van der Waals surface area contributed by atoms with Crippen LogP contribution in [0.25, 0.3) is 0 Å². The van der Waals surface area contributed by atoms with Crippen molar-refractivity contribution in [2.75, 3.05) is 11.9 Å². The zero-order valence-corrected chi connectivity index (χ0v) is 12.3. The molecule has 0 unspecified atom stereocenters. The van der Waals surface area contributed by atoms with Crippen LogP contribution in [0.3, 0.4) is 0 Å². The van der Waals surface area contributed by atoms with Crippen LogP contribution in [0, 0.1) is 13.8 Å². The molecule has 0 heterocycles. The van der Waals surface area contributed by atoms with Gasteiger partial charge in [0, 0.05) is 19.3 Å². The number of nitrogens with two attached hydrogens (primary N) is 1. The van der Waals surface area contributed by atoms with Gasteiger partial charge in [-0.15, -0.1) is 0 Å². The van der Waals surface area contributed by atoms with Crippen molar-refractivity contribution in [1.82, 2.24) is 0 Å². The fourth-order valence-corrected chi connectivity index (χ4v) is 2.69. The number of rotatable bonds is 3. The molecule has 2 nitrogen and oxygen atoms in total. The van der Waals surface area contributed by atoms with E-state index in [-0.39, 0.29) is 0 Å². The molecular weight excluding hydrogens is 256 g/mol. The van der Waals surface area contributed by atoms with E-state index >= 15 is 0 Å². The minimum atomic E-state index is 0.477. The highest BCUT2D eigenvalue weighted by atomic mass is 35.5. The molecule has 2 aromatic carbocycles. The second kappa shape index (κ2) is 5.64. The first-order chi connectivity index (χ1) is 9.02. The number of nitrogens with zero attached hydrogens (tertiary/aromatic N) is 1. The van der Waals surface area contributed by atoms with Crippen LogP contribution < -0.4 is 10.6 Å². The first kappa shape index (κ1) is 13.9. The van der Waals surface area contributed by atoms with Gasteiger partial charge in [-0.25, -0.2) is 0 Å². The predicted octanol–water partition coefficient (Wildman–Crippen LogP) is 4.18. The molecule has 2 rings (SSSR count). The Hall–Kier alpha value is -1.51. The summed E-state index contributed by atoms with van der Waals surface area (Å²) >= 11 is 6.34. The Morgan fingerprint density at radius 2 is 1.74 bits per heavy atom. The Morgan fingerprint density at radius 1 is 1.11 bits per heavy atom. The first-order valence-corrected chi connectivity index (χ1v) is 6.70. The zero-order valence-electron chi connectivity index (χ0n) is 11.6. The summed E-state index contributed by atoms with van der Waals surface area (Å²) < 4.78 is 0. The highest BCUT2D eigenvalue weighted by Crippen LogP contribution is 2.34. The fraction of sp³-hybridized carbons (Fsp3) is 0.250. The van der Waals surface area contributed by atoms with Crippen LogP contribution in [0.1, 0.15) is 16.7 Å². The summed E-state index contributed by atoms with van der Waals surface area (Å²) in [5.41, 5.74) is 11.4. The van der Waals surface area contributed by atoms with E-state index in [9.17, 15) is 0 Å². The van der Waals surface area contributed by atoms with E-state index in [0.717, 1.165) is 22.0 Å². The van der Waals surface area contributed by atoms with Crippen LogP contribution in [0.5, 0.6) is 0 Å². The summed E-state index contributed by atoms with van der Waals surface area (Å²) in [5.74, 6) is 0.